The quantitative estimate of drug-likeness (QED) is 0.682. The van der Waals surface area contributed by atoms with Crippen molar-refractivity contribution in [2.24, 2.45) is 5.92 Å². The second-order valence-electron chi connectivity index (χ2n) is 5.97. The molecule has 4 heteroatoms. The maximum absolute atomic E-state index is 12.1. The molecule has 4 rings (SSSR count). The lowest BCUT2D eigenvalue weighted by molar-refractivity contribution is -0.142. The van der Waals surface area contributed by atoms with E-state index in [9.17, 15) is 4.79 Å². The van der Waals surface area contributed by atoms with E-state index in [2.05, 4.69) is 17.1 Å². The molecule has 24 heavy (non-hydrogen) atoms. The number of ether oxygens (including phenoxy) is 1. The second-order valence-corrected chi connectivity index (χ2v) is 5.97. The molecule has 0 saturated heterocycles. The summed E-state index contributed by atoms with van der Waals surface area (Å²) in [5.41, 5.74) is 3.24. The highest BCUT2D eigenvalue weighted by Crippen LogP contribution is 2.60. The molecule has 3 aromatic rings. The number of rotatable bonds is 4. The minimum Gasteiger partial charge on any atom is -0.469 e. The van der Waals surface area contributed by atoms with Crippen molar-refractivity contribution in [2.75, 3.05) is 7.11 Å². The van der Waals surface area contributed by atoms with E-state index in [-0.39, 0.29) is 23.7 Å². The van der Waals surface area contributed by atoms with Crippen molar-refractivity contribution in [3.63, 3.8) is 0 Å². The van der Waals surface area contributed by atoms with Crippen LogP contribution in [0.25, 0.3) is 11.5 Å². The van der Waals surface area contributed by atoms with Gasteiger partial charge in [-0.2, -0.15) is 0 Å². The van der Waals surface area contributed by atoms with Crippen LogP contribution in [-0.2, 0) is 9.53 Å². The second kappa shape index (κ2) is 5.96. The number of aromatic nitrogens is 1. The Kier molecular flexibility index (Phi) is 3.65. The molecule has 1 aliphatic rings. The molecule has 1 heterocycles. The summed E-state index contributed by atoms with van der Waals surface area (Å²) in [4.78, 5) is 16.3. The Morgan fingerprint density at radius 3 is 2.25 bits per heavy atom. The fraction of sp³-hybridized carbons (Fsp3) is 0.200. The highest BCUT2D eigenvalue weighted by Gasteiger charge is 2.56. The van der Waals surface area contributed by atoms with Crippen LogP contribution < -0.4 is 0 Å². The predicted octanol–water partition coefficient (Wildman–Crippen LogP) is 4.01. The molecule has 120 valence electrons. The number of carbonyl (C=O) groups is 1. The maximum Gasteiger partial charge on any atom is 0.309 e. The lowest BCUT2D eigenvalue weighted by Crippen LogP contribution is -2.05. The number of esters is 1. The molecule has 4 nitrogen and oxygen atoms in total. The van der Waals surface area contributed by atoms with Gasteiger partial charge in [0.25, 0.3) is 0 Å². The molecule has 1 aromatic heterocycles. The van der Waals surface area contributed by atoms with E-state index in [1.807, 2.05) is 42.5 Å². The summed E-state index contributed by atoms with van der Waals surface area (Å²) in [6, 6.07) is 18.2. The molecule has 0 aliphatic heterocycles. The van der Waals surface area contributed by atoms with E-state index >= 15 is 0 Å². The van der Waals surface area contributed by atoms with Gasteiger partial charge in [-0.05, 0) is 23.3 Å². The third kappa shape index (κ3) is 2.50. The van der Waals surface area contributed by atoms with Gasteiger partial charge in [0.15, 0.2) is 0 Å². The first-order valence-corrected chi connectivity index (χ1v) is 7.92. The third-order valence-corrected chi connectivity index (χ3v) is 4.65. The van der Waals surface area contributed by atoms with E-state index in [1.165, 1.54) is 12.7 Å². The van der Waals surface area contributed by atoms with Crippen LogP contribution in [0.5, 0.6) is 0 Å². The van der Waals surface area contributed by atoms with Crippen LogP contribution in [0, 0.1) is 5.92 Å². The van der Waals surface area contributed by atoms with Crippen LogP contribution in [0.1, 0.15) is 23.0 Å². The monoisotopic (exact) mass is 319 g/mol. The number of hydrogen-bond donors (Lipinski definition) is 0. The van der Waals surface area contributed by atoms with Crippen LogP contribution in [0.2, 0.25) is 0 Å². The largest absolute Gasteiger partial charge is 0.469 e. The molecule has 0 spiro atoms. The van der Waals surface area contributed by atoms with Gasteiger partial charge in [-0.3, -0.25) is 4.79 Å². The zero-order valence-corrected chi connectivity index (χ0v) is 13.3. The van der Waals surface area contributed by atoms with Crippen molar-refractivity contribution in [3.05, 3.63) is 78.2 Å². The normalized spacial score (nSPS) is 22.1. The van der Waals surface area contributed by atoms with E-state index in [1.54, 1.807) is 12.5 Å². The lowest BCUT2D eigenvalue weighted by atomic mass is 10.0. The van der Waals surface area contributed by atoms with Crippen LogP contribution in [0.15, 0.2) is 71.5 Å². The Hall–Kier alpha value is -2.88. The van der Waals surface area contributed by atoms with E-state index in [0.29, 0.717) is 5.89 Å². The summed E-state index contributed by atoms with van der Waals surface area (Å²) >= 11 is 0. The molecule has 0 radical (unpaired) electrons. The maximum atomic E-state index is 12.1. The molecule has 1 saturated carbocycles. The number of oxazole rings is 1. The average molecular weight is 319 g/mol. The van der Waals surface area contributed by atoms with Crippen LogP contribution in [-0.4, -0.2) is 18.1 Å². The first-order chi connectivity index (χ1) is 11.8. The van der Waals surface area contributed by atoms with E-state index in [0.717, 1.165) is 11.1 Å². The van der Waals surface area contributed by atoms with Crippen LogP contribution >= 0.6 is 0 Å². The van der Waals surface area contributed by atoms with Gasteiger partial charge in [-0.25, -0.2) is 4.98 Å². The Morgan fingerprint density at radius 1 is 1.00 bits per heavy atom. The molecule has 1 aliphatic carbocycles. The SMILES string of the molecule is COC(=O)[C@@H]1[C@H](c2ccccc2)[C@H]1c1ccc(-c2ncco2)cc1. The molecule has 1 fully saturated rings. The highest BCUT2D eigenvalue weighted by atomic mass is 16.5. The van der Waals surface area contributed by atoms with Gasteiger partial charge >= 0.3 is 5.97 Å². The van der Waals surface area contributed by atoms with Gasteiger partial charge in [-0.15, -0.1) is 0 Å². The molecular formula is C20H17NO3. The van der Waals surface area contributed by atoms with Gasteiger partial charge in [0, 0.05) is 17.4 Å². The zero-order chi connectivity index (χ0) is 16.5. The molecule has 0 amide bonds. The average Bonchev–Trinajstić information content (AvgIpc) is 3.15. The Bertz CT molecular complexity index is 825. The Morgan fingerprint density at radius 2 is 1.67 bits per heavy atom. The number of nitrogens with zero attached hydrogens (tertiary/aromatic N) is 1. The summed E-state index contributed by atoms with van der Waals surface area (Å²) in [6.45, 7) is 0. The minimum atomic E-state index is -0.148. The first-order valence-electron chi connectivity index (χ1n) is 7.92. The van der Waals surface area contributed by atoms with Crippen molar-refractivity contribution in [2.45, 2.75) is 11.8 Å². The summed E-state index contributed by atoms with van der Waals surface area (Å²) in [5.74, 6) is 0.654. The lowest BCUT2D eigenvalue weighted by Gasteiger charge is -2.02. The van der Waals surface area contributed by atoms with Crippen molar-refractivity contribution >= 4 is 5.97 Å². The third-order valence-electron chi connectivity index (χ3n) is 4.65. The summed E-state index contributed by atoms with van der Waals surface area (Å²) in [6.07, 6.45) is 3.19. The van der Waals surface area contributed by atoms with Gasteiger partial charge in [0.2, 0.25) is 5.89 Å². The van der Waals surface area contributed by atoms with Crippen LogP contribution in [0.4, 0.5) is 0 Å². The van der Waals surface area contributed by atoms with E-state index < -0.39 is 0 Å². The number of hydrogen-bond acceptors (Lipinski definition) is 4. The first kappa shape index (κ1) is 14.7. The molecular weight excluding hydrogens is 302 g/mol. The molecule has 0 bridgehead atoms. The topological polar surface area (TPSA) is 52.3 Å². The highest BCUT2D eigenvalue weighted by molar-refractivity contribution is 5.80. The fourth-order valence-corrected chi connectivity index (χ4v) is 3.46. The van der Waals surface area contributed by atoms with Crippen molar-refractivity contribution in [1.82, 2.24) is 4.98 Å². The number of methoxy groups -OCH3 is 1. The molecule has 3 atom stereocenters. The summed E-state index contributed by atoms with van der Waals surface area (Å²) < 4.78 is 10.3. The van der Waals surface area contributed by atoms with Crippen molar-refractivity contribution in [3.8, 4) is 11.5 Å². The van der Waals surface area contributed by atoms with E-state index in [4.69, 9.17) is 9.15 Å². The molecule has 0 unspecified atom stereocenters. The van der Waals surface area contributed by atoms with Crippen LogP contribution in [0.3, 0.4) is 0 Å². The fourth-order valence-electron chi connectivity index (χ4n) is 3.46. The molecule has 0 N–H and O–H groups in total. The zero-order valence-electron chi connectivity index (χ0n) is 13.3. The smallest absolute Gasteiger partial charge is 0.309 e. The minimum absolute atomic E-state index is 0.120. The Labute approximate surface area is 140 Å². The van der Waals surface area contributed by atoms with Gasteiger partial charge in [-0.1, -0.05) is 42.5 Å². The molecule has 2 aromatic carbocycles. The van der Waals surface area contributed by atoms with Gasteiger partial charge in [0.05, 0.1) is 19.2 Å². The Balaban J connectivity index is 1.63. The summed E-state index contributed by atoms with van der Waals surface area (Å²) in [7, 11) is 1.45. The standard InChI is InChI=1S/C20H17NO3/c1-23-20(22)18-16(13-5-3-2-4-6-13)17(18)14-7-9-15(10-8-14)19-21-11-12-24-19/h2-12,16-18H,1H3/t16-,17-,18-/m1/s1. The van der Waals surface area contributed by atoms with Gasteiger partial charge in [0.1, 0.15) is 6.26 Å². The number of benzene rings is 2. The predicted molar refractivity (Wildman–Crippen MR) is 89.4 cm³/mol. The number of carbonyl (C=O) groups excluding carboxylic acids is 1. The summed E-state index contributed by atoms with van der Waals surface area (Å²) in [5, 5.41) is 0. The van der Waals surface area contributed by atoms with Crippen molar-refractivity contribution in [1.29, 1.82) is 0 Å². The van der Waals surface area contributed by atoms with Gasteiger partial charge < -0.3 is 9.15 Å². The van der Waals surface area contributed by atoms with Crippen molar-refractivity contribution < 1.29 is 13.9 Å².